The predicted octanol–water partition coefficient (Wildman–Crippen LogP) is 3.99. The van der Waals surface area contributed by atoms with Crippen molar-refractivity contribution >= 4 is 33.2 Å². The minimum Gasteiger partial charge on any atom is -0.399 e. The Labute approximate surface area is 125 Å². The van der Waals surface area contributed by atoms with Crippen LogP contribution < -0.4 is 11.1 Å². The van der Waals surface area contributed by atoms with Gasteiger partial charge in [-0.15, -0.1) is 0 Å². The summed E-state index contributed by atoms with van der Waals surface area (Å²) in [5.41, 5.74) is 7.51. The molecule has 0 saturated carbocycles. The van der Waals surface area contributed by atoms with Crippen molar-refractivity contribution in [3.8, 4) is 0 Å². The highest BCUT2D eigenvalue weighted by atomic mass is 79.9. The van der Waals surface area contributed by atoms with Gasteiger partial charge in [0.2, 0.25) is 0 Å². The van der Waals surface area contributed by atoms with Crippen molar-refractivity contribution in [2.75, 3.05) is 11.1 Å². The van der Waals surface area contributed by atoms with Gasteiger partial charge in [0.15, 0.2) is 0 Å². The molecule has 20 heavy (non-hydrogen) atoms. The molecule has 0 aromatic heterocycles. The highest BCUT2D eigenvalue weighted by Gasteiger charge is 2.13. The molecule has 0 radical (unpaired) electrons. The fraction of sp³-hybridized carbons (Fsp3) is 0.133. The number of hydrogen-bond donors (Lipinski definition) is 2. The van der Waals surface area contributed by atoms with Crippen LogP contribution in [0.4, 0.5) is 15.8 Å². The number of amides is 1. The summed E-state index contributed by atoms with van der Waals surface area (Å²) in [5.74, 6) is -1.10. The molecule has 3 N–H and O–H groups in total. The number of rotatable bonds is 3. The minimum absolute atomic E-state index is 0.0602. The molecule has 104 valence electrons. The van der Waals surface area contributed by atoms with E-state index in [0.29, 0.717) is 11.4 Å². The third-order valence-electron chi connectivity index (χ3n) is 2.93. The van der Waals surface area contributed by atoms with Crippen molar-refractivity contribution in [3.05, 3.63) is 57.8 Å². The lowest BCUT2D eigenvalue weighted by Gasteiger charge is -2.11. The predicted molar refractivity (Wildman–Crippen MR) is 82.3 cm³/mol. The Morgan fingerprint density at radius 3 is 2.75 bits per heavy atom. The maximum atomic E-state index is 13.6. The van der Waals surface area contributed by atoms with Gasteiger partial charge in [0.1, 0.15) is 5.82 Å². The first-order valence-electron chi connectivity index (χ1n) is 6.16. The van der Waals surface area contributed by atoms with E-state index in [1.54, 1.807) is 6.07 Å². The summed E-state index contributed by atoms with van der Waals surface area (Å²) >= 11 is 3.38. The van der Waals surface area contributed by atoms with E-state index >= 15 is 0 Å². The first-order valence-corrected chi connectivity index (χ1v) is 6.95. The molecule has 0 spiro atoms. The van der Waals surface area contributed by atoms with Crippen LogP contribution in [-0.2, 0) is 6.42 Å². The van der Waals surface area contributed by atoms with Gasteiger partial charge in [-0.25, -0.2) is 4.39 Å². The van der Waals surface area contributed by atoms with Crippen LogP contribution in [0.5, 0.6) is 0 Å². The lowest BCUT2D eigenvalue weighted by atomic mass is 10.1. The number of aryl methyl sites for hydroxylation is 1. The summed E-state index contributed by atoms with van der Waals surface area (Å²) in [6.45, 7) is 1.98. The standard InChI is InChI=1S/C15H14BrFN2O/c1-2-9-7-10(16)3-6-14(9)19-15(20)12-8-11(18)4-5-13(12)17/h3-8H,2,18H2,1H3,(H,19,20). The number of nitrogens with two attached hydrogens (primary N) is 1. The molecular weight excluding hydrogens is 323 g/mol. The first-order chi connectivity index (χ1) is 9.51. The SMILES string of the molecule is CCc1cc(Br)ccc1NC(=O)c1cc(N)ccc1F. The maximum absolute atomic E-state index is 13.6. The van der Waals surface area contributed by atoms with E-state index in [-0.39, 0.29) is 5.56 Å². The van der Waals surface area contributed by atoms with Gasteiger partial charge in [0, 0.05) is 15.8 Å². The molecule has 0 aliphatic rings. The normalized spacial score (nSPS) is 10.3. The molecule has 0 aliphatic carbocycles. The summed E-state index contributed by atoms with van der Waals surface area (Å²) in [6, 6.07) is 9.46. The third kappa shape index (κ3) is 3.17. The van der Waals surface area contributed by atoms with Gasteiger partial charge >= 0.3 is 0 Å². The number of anilines is 2. The van der Waals surface area contributed by atoms with Crippen molar-refractivity contribution in [1.82, 2.24) is 0 Å². The number of benzene rings is 2. The molecule has 0 unspecified atom stereocenters. The Bertz CT molecular complexity index is 658. The topological polar surface area (TPSA) is 55.1 Å². The van der Waals surface area contributed by atoms with E-state index in [2.05, 4.69) is 21.2 Å². The zero-order valence-corrected chi connectivity index (χ0v) is 12.5. The van der Waals surface area contributed by atoms with Crippen LogP contribution in [0.15, 0.2) is 40.9 Å². The van der Waals surface area contributed by atoms with Crippen LogP contribution in [0, 0.1) is 5.82 Å². The number of halogens is 2. The van der Waals surface area contributed by atoms with E-state index in [1.165, 1.54) is 18.2 Å². The lowest BCUT2D eigenvalue weighted by molar-refractivity contribution is 0.102. The van der Waals surface area contributed by atoms with Gasteiger partial charge in [0.05, 0.1) is 5.56 Å². The second-order valence-electron chi connectivity index (χ2n) is 4.35. The largest absolute Gasteiger partial charge is 0.399 e. The molecule has 0 bridgehead atoms. The first kappa shape index (κ1) is 14.5. The Morgan fingerprint density at radius 2 is 2.05 bits per heavy atom. The average molecular weight is 337 g/mol. The van der Waals surface area contributed by atoms with Crippen molar-refractivity contribution in [1.29, 1.82) is 0 Å². The van der Waals surface area contributed by atoms with Crippen molar-refractivity contribution < 1.29 is 9.18 Å². The van der Waals surface area contributed by atoms with E-state index in [0.717, 1.165) is 16.5 Å². The van der Waals surface area contributed by atoms with Crippen LogP contribution in [0.25, 0.3) is 0 Å². The monoisotopic (exact) mass is 336 g/mol. The van der Waals surface area contributed by atoms with Gasteiger partial charge in [-0.1, -0.05) is 22.9 Å². The van der Waals surface area contributed by atoms with Crippen LogP contribution in [0.2, 0.25) is 0 Å². The minimum atomic E-state index is -0.591. The molecule has 5 heteroatoms. The van der Waals surface area contributed by atoms with E-state index in [1.807, 2.05) is 19.1 Å². The Kier molecular flexibility index (Phi) is 4.39. The zero-order chi connectivity index (χ0) is 14.7. The zero-order valence-electron chi connectivity index (χ0n) is 10.9. The van der Waals surface area contributed by atoms with Gasteiger partial charge in [0.25, 0.3) is 5.91 Å². The molecule has 1 amide bonds. The molecule has 0 aliphatic heterocycles. The van der Waals surface area contributed by atoms with Crippen molar-refractivity contribution in [2.45, 2.75) is 13.3 Å². The molecule has 2 aromatic rings. The molecule has 0 saturated heterocycles. The molecule has 0 heterocycles. The van der Waals surface area contributed by atoms with Gasteiger partial charge in [-0.3, -0.25) is 4.79 Å². The van der Waals surface area contributed by atoms with Crippen molar-refractivity contribution in [3.63, 3.8) is 0 Å². The molecule has 3 nitrogen and oxygen atoms in total. The van der Waals surface area contributed by atoms with Gasteiger partial charge in [-0.05, 0) is 48.4 Å². The Balaban J connectivity index is 2.30. The smallest absolute Gasteiger partial charge is 0.258 e. The van der Waals surface area contributed by atoms with Gasteiger partial charge in [-0.2, -0.15) is 0 Å². The number of nitrogen functional groups attached to an aromatic ring is 1. The molecule has 0 atom stereocenters. The van der Waals surface area contributed by atoms with E-state index < -0.39 is 11.7 Å². The fourth-order valence-electron chi connectivity index (χ4n) is 1.88. The summed E-state index contributed by atoms with van der Waals surface area (Å²) in [6.07, 6.45) is 0.758. The second kappa shape index (κ2) is 6.05. The number of carbonyl (C=O) groups is 1. The van der Waals surface area contributed by atoms with Crippen LogP contribution in [0.1, 0.15) is 22.8 Å². The Hall–Kier alpha value is -1.88. The summed E-state index contributed by atoms with van der Waals surface area (Å²) in [7, 11) is 0. The summed E-state index contributed by atoms with van der Waals surface area (Å²) in [5, 5.41) is 2.72. The third-order valence-corrected chi connectivity index (χ3v) is 3.42. The molecule has 2 aromatic carbocycles. The maximum Gasteiger partial charge on any atom is 0.258 e. The van der Waals surface area contributed by atoms with Crippen LogP contribution in [-0.4, -0.2) is 5.91 Å². The van der Waals surface area contributed by atoms with Crippen molar-refractivity contribution in [2.24, 2.45) is 0 Å². The average Bonchev–Trinajstić information content (AvgIpc) is 2.43. The number of nitrogens with one attached hydrogen (secondary N) is 1. The highest BCUT2D eigenvalue weighted by molar-refractivity contribution is 9.10. The second-order valence-corrected chi connectivity index (χ2v) is 5.26. The van der Waals surface area contributed by atoms with E-state index in [9.17, 15) is 9.18 Å². The summed E-state index contributed by atoms with van der Waals surface area (Å²) in [4.78, 5) is 12.1. The molecular formula is C15H14BrFN2O. The van der Waals surface area contributed by atoms with Gasteiger partial charge < -0.3 is 11.1 Å². The van der Waals surface area contributed by atoms with E-state index in [4.69, 9.17) is 5.73 Å². The Morgan fingerprint density at radius 1 is 1.30 bits per heavy atom. The number of carbonyl (C=O) groups excluding carboxylic acids is 1. The lowest BCUT2D eigenvalue weighted by Crippen LogP contribution is -2.15. The number of hydrogen-bond acceptors (Lipinski definition) is 2. The van der Waals surface area contributed by atoms with Crippen LogP contribution >= 0.6 is 15.9 Å². The summed E-state index contributed by atoms with van der Waals surface area (Å²) < 4.78 is 14.6. The molecule has 0 fully saturated rings. The molecule has 2 rings (SSSR count). The quantitative estimate of drug-likeness (QED) is 0.832. The highest BCUT2D eigenvalue weighted by Crippen LogP contribution is 2.23. The fourth-order valence-corrected chi connectivity index (χ4v) is 2.29. The van der Waals surface area contributed by atoms with Crippen LogP contribution in [0.3, 0.4) is 0 Å².